The number of amides is 2. The Kier molecular flexibility index (Phi) is 5.22. The van der Waals surface area contributed by atoms with Crippen molar-refractivity contribution in [3.63, 3.8) is 0 Å². The third kappa shape index (κ3) is 4.07. The highest BCUT2D eigenvalue weighted by atomic mass is 32.1. The fraction of sp³-hybridized carbons (Fsp3) is 0.385. The molecular formula is C13H18N2O2S. The number of thiol groups is 1. The highest BCUT2D eigenvalue weighted by Crippen LogP contribution is 2.12. The Morgan fingerprint density at radius 1 is 1.11 bits per heavy atom. The second-order valence-electron chi connectivity index (χ2n) is 4.38. The second kappa shape index (κ2) is 6.44. The average Bonchev–Trinajstić information content (AvgIpc) is 2.28. The molecule has 0 aliphatic rings. The van der Waals surface area contributed by atoms with Crippen LogP contribution in [0.1, 0.15) is 31.1 Å². The van der Waals surface area contributed by atoms with E-state index < -0.39 is 6.04 Å². The highest BCUT2D eigenvalue weighted by Gasteiger charge is 2.17. The van der Waals surface area contributed by atoms with Gasteiger partial charge in [0.15, 0.2) is 0 Å². The first kappa shape index (κ1) is 14.6. The van der Waals surface area contributed by atoms with Gasteiger partial charge >= 0.3 is 0 Å². The Morgan fingerprint density at radius 2 is 1.72 bits per heavy atom. The van der Waals surface area contributed by atoms with Gasteiger partial charge in [-0.3, -0.25) is 9.59 Å². The SMILES string of the molecule is CC(C)NC(=O)C(C)NC(=O)c1ccccc1S. The van der Waals surface area contributed by atoms with Crippen LogP contribution < -0.4 is 10.6 Å². The second-order valence-corrected chi connectivity index (χ2v) is 4.86. The smallest absolute Gasteiger partial charge is 0.253 e. The van der Waals surface area contributed by atoms with Crippen molar-refractivity contribution in [1.82, 2.24) is 10.6 Å². The van der Waals surface area contributed by atoms with Gasteiger partial charge in [-0.15, -0.1) is 12.6 Å². The maximum absolute atomic E-state index is 11.9. The van der Waals surface area contributed by atoms with E-state index in [4.69, 9.17) is 0 Å². The van der Waals surface area contributed by atoms with Crippen molar-refractivity contribution >= 4 is 24.4 Å². The van der Waals surface area contributed by atoms with E-state index in [0.29, 0.717) is 10.5 Å². The molecule has 0 saturated carbocycles. The summed E-state index contributed by atoms with van der Waals surface area (Å²) < 4.78 is 0. The number of benzene rings is 1. The van der Waals surface area contributed by atoms with Gasteiger partial charge in [-0.2, -0.15) is 0 Å². The molecule has 0 aliphatic heterocycles. The fourth-order valence-corrected chi connectivity index (χ4v) is 1.68. The average molecular weight is 266 g/mol. The van der Waals surface area contributed by atoms with Crippen molar-refractivity contribution in [3.05, 3.63) is 29.8 Å². The maximum atomic E-state index is 11.9. The van der Waals surface area contributed by atoms with Crippen molar-refractivity contribution in [2.75, 3.05) is 0 Å². The number of hydrogen-bond acceptors (Lipinski definition) is 3. The van der Waals surface area contributed by atoms with Gasteiger partial charge in [-0.25, -0.2) is 0 Å². The van der Waals surface area contributed by atoms with Gasteiger partial charge in [-0.1, -0.05) is 12.1 Å². The van der Waals surface area contributed by atoms with Crippen LogP contribution in [0.5, 0.6) is 0 Å². The first-order valence-electron chi connectivity index (χ1n) is 5.81. The van der Waals surface area contributed by atoms with E-state index in [2.05, 4.69) is 23.3 Å². The van der Waals surface area contributed by atoms with Crippen LogP contribution in [0, 0.1) is 0 Å². The van der Waals surface area contributed by atoms with Crippen molar-refractivity contribution in [2.24, 2.45) is 0 Å². The van der Waals surface area contributed by atoms with Gasteiger partial charge in [0.25, 0.3) is 5.91 Å². The molecule has 1 aromatic carbocycles. The molecule has 2 N–H and O–H groups in total. The largest absolute Gasteiger partial charge is 0.352 e. The zero-order valence-electron chi connectivity index (χ0n) is 10.7. The number of carbonyl (C=O) groups is 2. The minimum Gasteiger partial charge on any atom is -0.352 e. The summed E-state index contributed by atoms with van der Waals surface area (Å²) in [5.41, 5.74) is 0.463. The summed E-state index contributed by atoms with van der Waals surface area (Å²) in [5, 5.41) is 5.38. The summed E-state index contributed by atoms with van der Waals surface area (Å²) in [6.07, 6.45) is 0. The first-order valence-corrected chi connectivity index (χ1v) is 6.25. The molecule has 0 radical (unpaired) electrons. The molecule has 1 rings (SSSR count). The molecule has 18 heavy (non-hydrogen) atoms. The van der Waals surface area contributed by atoms with Crippen LogP contribution in [0.3, 0.4) is 0 Å². The number of nitrogens with one attached hydrogen (secondary N) is 2. The van der Waals surface area contributed by atoms with Gasteiger partial charge in [0.2, 0.25) is 5.91 Å². The first-order chi connectivity index (χ1) is 8.41. The number of carbonyl (C=O) groups excluding carboxylic acids is 2. The van der Waals surface area contributed by atoms with E-state index in [-0.39, 0.29) is 17.9 Å². The molecule has 1 aromatic rings. The summed E-state index contributed by atoms with van der Waals surface area (Å²) in [6.45, 7) is 5.39. The normalized spacial score (nSPS) is 12.1. The van der Waals surface area contributed by atoms with Crippen LogP contribution in [-0.4, -0.2) is 23.9 Å². The predicted octanol–water partition coefficient (Wildman–Crippen LogP) is 1.62. The molecule has 0 heterocycles. The molecule has 5 heteroatoms. The Bertz CT molecular complexity index is 446. The minimum atomic E-state index is -0.576. The van der Waals surface area contributed by atoms with Crippen LogP contribution in [0.15, 0.2) is 29.2 Å². The van der Waals surface area contributed by atoms with Crippen molar-refractivity contribution in [2.45, 2.75) is 37.8 Å². The predicted molar refractivity (Wildman–Crippen MR) is 73.9 cm³/mol. The van der Waals surface area contributed by atoms with Gasteiger partial charge in [0.05, 0.1) is 5.56 Å². The van der Waals surface area contributed by atoms with Gasteiger partial charge < -0.3 is 10.6 Å². The minimum absolute atomic E-state index is 0.0500. The van der Waals surface area contributed by atoms with E-state index in [1.54, 1.807) is 31.2 Å². The molecule has 0 aliphatic carbocycles. The monoisotopic (exact) mass is 266 g/mol. The summed E-state index contributed by atoms with van der Waals surface area (Å²) >= 11 is 4.21. The van der Waals surface area contributed by atoms with Crippen LogP contribution in [-0.2, 0) is 4.79 Å². The maximum Gasteiger partial charge on any atom is 0.253 e. The lowest BCUT2D eigenvalue weighted by molar-refractivity contribution is -0.123. The van der Waals surface area contributed by atoms with E-state index in [1.807, 2.05) is 13.8 Å². The molecule has 0 aromatic heterocycles. The van der Waals surface area contributed by atoms with Gasteiger partial charge in [0, 0.05) is 10.9 Å². The van der Waals surface area contributed by atoms with Crippen LogP contribution in [0.25, 0.3) is 0 Å². The highest BCUT2D eigenvalue weighted by molar-refractivity contribution is 7.80. The molecule has 0 spiro atoms. The van der Waals surface area contributed by atoms with Crippen LogP contribution >= 0.6 is 12.6 Å². The quantitative estimate of drug-likeness (QED) is 0.725. The standard InChI is InChI=1S/C13H18N2O2S/c1-8(2)14-12(16)9(3)15-13(17)10-6-4-5-7-11(10)18/h4-9,18H,1-3H3,(H,14,16)(H,15,17). The Hall–Kier alpha value is -1.49. The zero-order chi connectivity index (χ0) is 13.7. The molecule has 98 valence electrons. The molecule has 4 nitrogen and oxygen atoms in total. The fourth-order valence-electron chi connectivity index (χ4n) is 1.42. The molecule has 1 unspecified atom stereocenters. The molecular weight excluding hydrogens is 248 g/mol. The van der Waals surface area contributed by atoms with E-state index in [0.717, 1.165) is 0 Å². The Balaban J connectivity index is 2.65. The third-order valence-electron chi connectivity index (χ3n) is 2.32. The van der Waals surface area contributed by atoms with Crippen molar-refractivity contribution < 1.29 is 9.59 Å². The summed E-state index contributed by atoms with van der Waals surface area (Å²) in [7, 11) is 0. The zero-order valence-corrected chi connectivity index (χ0v) is 11.6. The van der Waals surface area contributed by atoms with E-state index in [9.17, 15) is 9.59 Å². The van der Waals surface area contributed by atoms with Gasteiger partial charge in [0.1, 0.15) is 6.04 Å². The lowest BCUT2D eigenvalue weighted by atomic mass is 10.2. The lowest BCUT2D eigenvalue weighted by Crippen LogP contribution is -2.46. The molecule has 0 saturated heterocycles. The third-order valence-corrected chi connectivity index (χ3v) is 2.71. The molecule has 1 atom stereocenters. The van der Waals surface area contributed by atoms with Crippen molar-refractivity contribution in [1.29, 1.82) is 0 Å². The summed E-state index contributed by atoms with van der Waals surface area (Å²) in [6, 6.07) is 6.44. The molecule has 0 bridgehead atoms. The number of rotatable bonds is 4. The lowest BCUT2D eigenvalue weighted by Gasteiger charge is -2.16. The summed E-state index contributed by atoms with van der Waals surface area (Å²) in [4.78, 5) is 24.2. The number of hydrogen-bond donors (Lipinski definition) is 3. The van der Waals surface area contributed by atoms with Crippen molar-refractivity contribution in [3.8, 4) is 0 Å². The Labute approximate surface area is 113 Å². The van der Waals surface area contributed by atoms with Crippen LogP contribution in [0.4, 0.5) is 0 Å². The molecule has 2 amide bonds. The van der Waals surface area contributed by atoms with E-state index in [1.165, 1.54) is 0 Å². The topological polar surface area (TPSA) is 58.2 Å². The van der Waals surface area contributed by atoms with Gasteiger partial charge in [-0.05, 0) is 32.9 Å². The Morgan fingerprint density at radius 3 is 2.28 bits per heavy atom. The van der Waals surface area contributed by atoms with E-state index >= 15 is 0 Å². The molecule has 0 fully saturated rings. The summed E-state index contributed by atoms with van der Waals surface area (Å²) in [5.74, 6) is -0.498. The van der Waals surface area contributed by atoms with Crippen LogP contribution in [0.2, 0.25) is 0 Å².